The summed E-state index contributed by atoms with van der Waals surface area (Å²) < 4.78 is 51.6. The van der Waals surface area contributed by atoms with Crippen molar-refractivity contribution in [1.82, 2.24) is 30.4 Å². The van der Waals surface area contributed by atoms with E-state index in [1.54, 1.807) is 85.7 Å². The molecule has 0 aliphatic heterocycles. The molecule has 0 saturated carbocycles. The monoisotopic (exact) mass is 904 g/mol. The topological polar surface area (TPSA) is 79.8 Å². The second-order valence-corrected chi connectivity index (χ2v) is 6.95. The van der Waals surface area contributed by atoms with Crippen LogP contribution in [0.2, 0.25) is 0 Å². The fourth-order valence-corrected chi connectivity index (χ4v) is 2.69. The van der Waals surface area contributed by atoms with E-state index in [0.29, 0.717) is 11.4 Å². The predicted octanol–water partition coefficient (Wildman–Crippen LogP) is 5.73. The average Bonchev–Trinajstić information content (AvgIpc) is 3.70. The predicted molar refractivity (Wildman–Crippen MR) is 132 cm³/mol. The molecule has 0 amide bonds. The molecule has 0 N–H and O–H groups in total. The summed E-state index contributed by atoms with van der Waals surface area (Å²) in [7, 11) is 0. The van der Waals surface area contributed by atoms with Gasteiger partial charge in [-0.15, -0.1) is 24.3 Å². The molecule has 0 fully saturated rings. The van der Waals surface area contributed by atoms with Gasteiger partial charge in [0, 0.05) is 48.1 Å². The first kappa shape index (κ1) is 34.3. The maximum Gasteiger partial charge on any atom is 2.00 e. The van der Waals surface area contributed by atoms with Gasteiger partial charge < -0.3 is 30.4 Å². The normalized spacial score (nSPS) is 9.10. The molecule has 6 aromatic rings. The van der Waals surface area contributed by atoms with Crippen molar-refractivity contribution in [1.29, 1.82) is 0 Å². The van der Waals surface area contributed by atoms with Gasteiger partial charge in [-0.3, -0.25) is 17.6 Å². The number of aromatic nitrogens is 6. The fourth-order valence-electron chi connectivity index (χ4n) is 2.69. The number of halogens is 4. The van der Waals surface area contributed by atoms with Gasteiger partial charge in [-0.05, 0) is 23.5 Å². The summed E-state index contributed by atoms with van der Waals surface area (Å²) in [5, 5.41) is 13.9. The Balaban J connectivity index is 0.000000288. The molecule has 4 heterocycles. The summed E-state index contributed by atoms with van der Waals surface area (Å²) >= 11 is 0. The van der Waals surface area contributed by atoms with E-state index >= 15 is 0 Å². The second-order valence-electron chi connectivity index (χ2n) is 6.95. The van der Waals surface area contributed by atoms with Crippen molar-refractivity contribution in [2.75, 3.05) is 0 Å². The third-order valence-corrected chi connectivity index (χ3v) is 4.30. The van der Waals surface area contributed by atoms with Crippen LogP contribution in [0.1, 0.15) is 0 Å². The summed E-state index contributed by atoms with van der Waals surface area (Å²) in [5.41, 5.74) is 1.27. The Morgan fingerprint density at radius 3 is 1.23 bits per heavy atom. The maximum atomic E-state index is 13.2. The minimum atomic E-state index is -0.649. The van der Waals surface area contributed by atoms with Crippen LogP contribution in [0.3, 0.4) is 0 Å². The van der Waals surface area contributed by atoms with E-state index in [-0.39, 0.29) is 53.3 Å². The van der Waals surface area contributed by atoms with Gasteiger partial charge in [-0.25, -0.2) is 0 Å². The zero-order valence-electron chi connectivity index (χ0n) is 20.2. The van der Waals surface area contributed by atoms with E-state index < -0.39 is 23.3 Å². The van der Waals surface area contributed by atoms with Gasteiger partial charge in [0.05, 0.1) is 0 Å². The average molecular weight is 905 g/mol. The molecule has 0 spiro atoms. The van der Waals surface area contributed by atoms with Gasteiger partial charge in [0.15, 0.2) is 0 Å². The molecule has 40 heavy (non-hydrogen) atoms. The molecule has 0 radical (unpaired) electrons. The molecule has 208 valence electrons. The van der Waals surface area contributed by atoms with E-state index in [1.807, 2.05) is 0 Å². The summed E-state index contributed by atoms with van der Waals surface area (Å²) in [5.74, 6) is -2.57. The summed E-state index contributed by atoms with van der Waals surface area (Å²) in [4.78, 5) is 7.89. The third-order valence-electron chi connectivity index (χ3n) is 4.30. The number of rotatable bonds is 2. The van der Waals surface area contributed by atoms with Crippen molar-refractivity contribution in [2.24, 2.45) is 0 Å². The van der Waals surface area contributed by atoms with Crippen LogP contribution in [-0.4, -0.2) is 20.2 Å². The first-order valence-corrected chi connectivity index (χ1v) is 10.9. The van der Waals surface area contributed by atoms with Crippen LogP contribution < -0.4 is 10.2 Å². The molecular formula is C28H18F4N6Pt2. The fraction of sp³-hybridized carbons (Fsp3) is 0. The van der Waals surface area contributed by atoms with Gasteiger partial charge in [-0.1, -0.05) is 59.7 Å². The van der Waals surface area contributed by atoms with Crippen molar-refractivity contribution in [3.63, 3.8) is 0 Å². The van der Waals surface area contributed by atoms with Crippen LogP contribution >= 0.6 is 0 Å². The molecule has 12 heteroatoms. The smallest absolute Gasteiger partial charge is 0.582 e. The quantitative estimate of drug-likeness (QED) is 0.164. The van der Waals surface area contributed by atoms with Crippen LogP contribution in [-0.2, 0) is 42.1 Å². The first-order chi connectivity index (χ1) is 18.5. The summed E-state index contributed by atoms with van der Waals surface area (Å²) in [6.07, 6.45) is 9.65. The van der Waals surface area contributed by atoms with Crippen molar-refractivity contribution in [3.05, 3.63) is 145 Å². The minimum Gasteiger partial charge on any atom is -0.582 e. The maximum absolute atomic E-state index is 13.2. The number of nitrogens with zero attached hydrogens (tertiary/aromatic N) is 6. The number of hydrogen-bond acceptors (Lipinski definition) is 4. The van der Waals surface area contributed by atoms with Crippen LogP contribution in [0.5, 0.6) is 0 Å². The molecule has 6 nitrogen and oxygen atoms in total. The molecule has 0 saturated heterocycles. The number of pyridine rings is 2. The van der Waals surface area contributed by atoms with Gasteiger partial charge in [0.25, 0.3) is 0 Å². The molecule has 2 aromatic carbocycles. The molecule has 4 aromatic heterocycles. The van der Waals surface area contributed by atoms with Gasteiger partial charge in [0.2, 0.25) is 0 Å². The molecule has 0 aliphatic rings. The van der Waals surface area contributed by atoms with Gasteiger partial charge in [0.1, 0.15) is 0 Å². The number of hydrogen-bond donors (Lipinski definition) is 0. The Labute approximate surface area is 256 Å². The van der Waals surface area contributed by atoms with Crippen molar-refractivity contribution < 1.29 is 59.7 Å². The largest absolute Gasteiger partial charge is 2.00 e. The zero-order valence-corrected chi connectivity index (χ0v) is 24.8. The molecule has 0 bridgehead atoms. The molecule has 0 aliphatic carbocycles. The van der Waals surface area contributed by atoms with Crippen molar-refractivity contribution in [2.45, 2.75) is 0 Å². The van der Waals surface area contributed by atoms with E-state index in [0.717, 1.165) is 24.3 Å². The Kier molecular flexibility index (Phi) is 16.6. The Morgan fingerprint density at radius 1 is 0.550 bits per heavy atom. The summed E-state index contributed by atoms with van der Waals surface area (Å²) in [6.45, 7) is 0. The van der Waals surface area contributed by atoms with E-state index in [9.17, 15) is 17.6 Å². The van der Waals surface area contributed by atoms with Crippen LogP contribution in [0.25, 0.3) is 22.5 Å². The van der Waals surface area contributed by atoms with Crippen molar-refractivity contribution in [3.8, 4) is 22.5 Å². The summed E-state index contributed by atoms with van der Waals surface area (Å²) in [6, 6.07) is 22.6. The Bertz CT molecular complexity index is 1310. The van der Waals surface area contributed by atoms with Crippen molar-refractivity contribution >= 4 is 0 Å². The van der Waals surface area contributed by atoms with Gasteiger partial charge >= 0.3 is 42.1 Å². The Morgan fingerprint density at radius 2 is 0.975 bits per heavy atom. The zero-order chi connectivity index (χ0) is 27.0. The molecule has 0 unspecified atom stereocenters. The van der Waals surface area contributed by atoms with E-state index in [1.165, 1.54) is 0 Å². The molecule has 6 rings (SSSR count). The standard InChI is InChI=1S/2C11H6F2N.2C3H3N2.2Pt/c2*12-8-4-5-9(10(13)7-8)11-3-1-2-6-14-11;2*1-2-4-5-3-1;;/h2*1-4,6-7H;2*1-3H;;/q4*-1;2*+2. The third kappa shape index (κ3) is 12.0. The SMILES string of the molecule is Fc1c[c-]c(-c2ccccn2)c(F)c1.Fc1c[c-]c(-c2ccccn2)c(F)c1.[Pt+2].[Pt+2].c1cn[n-]c1.c1cn[n-]c1. The van der Waals surface area contributed by atoms with Gasteiger partial charge in [-0.2, -0.15) is 12.4 Å². The minimum absolute atomic E-state index is 0. The van der Waals surface area contributed by atoms with Crippen LogP contribution in [0.4, 0.5) is 17.6 Å². The molecule has 0 atom stereocenters. The van der Waals surface area contributed by atoms with E-state index in [2.05, 4.69) is 42.5 Å². The van der Waals surface area contributed by atoms with Crippen LogP contribution in [0, 0.1) is 35.4 Å². The molecular weight excluding hydrogens is 886 g/mol. The first-order valence-electron chi connectivity index (χ1n) is 10.9. The van der Waals surface area contributed by atoms with Crippen LogP contribution in [0.15, 0.2) is 110 Å². The van der Waals surface area contributed by atoms with E-state index in [4.69, 9.17) is 0 Å². The second kappa shape index (κ2) is 19.3. The Hall–Kier alpha value is -3.74. The number of benzene rings is 2.